The summed E-state index contributed by atoms with van der Waals surface area (Å²) in [6, 6.07) is 7.58. The molecule has 0 radical (unpaired) electrons. The highest BCUT2D eigenvalue weighted by Crippen LogP contribution is 2.20. The average molecular weight is 338 g/mol. The largest absolute Gasteiger partial charge is 0.375 e. The Bertz CT molecular complexity index is 655. The van der Waals surface area contributed by atoms with Crippen LogP contribution in [-0.4, -0.2) is 46.5 Å². The first-order chi connectivity index (χ1) is 10.7. The van der Waals surface area contributed by atoms with Crippen molar-refractivity contribution in [2.75, 3.05) is 25.0 Å². The Morgan fingerprint density at radius 1 is 1.52 bits per heavy atom. The fraction of sp³-hybridized carbons (Fsp3) is 0.400. The number of nitrogens with zero attached hydrogens (tertiary/aromatic N) is 3. The van der Waals surface area contributed by atoms with Crippen molar-refractivity contribution in [1.29, 1.82) is 0 Å². The first-order valence-electron chi connectivity index (χ1n) is 7.29. The molecule has 1 unspecified atom stereocenters. The maximum Gasteiger partial charge on any atom is 0.227 e. The Morgan fingerprint density at radius 3 is 3.09 bits per heavy atom. The van der Waals surface area contributed by atoms with Gasteiger partial charge < -0.3 is 19.9 Å². The molecule has 7 nitrogen and oxygen atoms in total. The van der Waals surface area contributed by atoms with Crippen LogP contribution in [-0.2, 0) is 16.6 Å². The number of ether oxygens (including phenoxy) is 1. The quantitative estimate of drug-likeness (QED) is 0.876. The third-order valence-corrected chi connectivity index (χ3v) is 3.53. The lowest BCUT2D eigenvalue weighted by atomic mass is 10.1. The molecule has 1 atom stereocenters. The summed E-state index contributed by atoms with van der Waals surface area (Å²) in [5.74, 6) is 0.708. The zero-order chi connectivity index (χ0) is 15.4. The molecular formula is C15H20ClN5O2. The number of hydrogen-bond acceptors (Lipinski definition) is 5. The molecule has 1 saturated heterocycles. The molecule has 0 aliphatic carbocycles. The van der Waals surface area contributed by atoms with Gasteiger partial charge in [-0.25, -0.2) is 0 Å². The third-order valence-electron chi connectivity index (χ3n) is 3.53. The maximum atomic E-state index is 12.1. The highest BCUT2D eigenvalue weighted by atomic mass is 35.5. The van der Waals surface area contributed by atoms with E-state index in [1.54, 1.807) is 6.33 Å². The molecule has 1 amide bonds. The predicted molar refractivity (Wildman–Crippen MR) is 89.5 cm³/mol. The minimum Gasteiger partial charge on any atom is -0.375 e. The van der Waals surface area contributed by atoms with Gasteiger partial charge in [-0.15, -0.1) is 22.6 Å². The number of hydrogen-bond donors (Lipinski definition) is 2. The maximum absolute atomic E-state index is 12.1. The van der Waals surface area contributed by atoms with Crippen LogP contribution in [0.1, 0.15) is 6.42 Å². The lowest BCUT2D eigenvalue weighted by Crippen LogP contribution is -2.40. The van der Waals surface area contributed by atoms with Gasteiger partial charge in [0.2, 0.25) is 5.91 Å². The number of anilines is 1. The number of aromatic nitrogens is 3. The van der Waals surface area contributed by atoms with Crippen molar-refractivity contribution in [2.45, 2.75) is 12.5 Å². The summed E-state index contributed by atoms with van der Waals surface area (Å²) in [6.07, 6.45) is 1.94. The molecule has 1 fully saturated rings. The van der Waals surface area contributed by atoms with E-state index in [0.29, 0.717) is 19.6 Å². The van der Waals surface area contributed by atoms with Gasteiger partial charge in [-0.2, -0.15) is 0 Å². The molecule has 1 aromatic heterocycles. The van der Waals surface area contributed by atoms with Crippen LogP contribution in [0.5, 0.6) is 0 Å². The predicted octanol–water partition coefficient (Wildman–Crippen LogP) is 1.22. The van der Waals surface area contributed by atoms with E-state index in [9.17, 15) is 4.79 Å². The normalized spacial score (nSPS) is 17.3. The van der Waals surface area contributed by atoms with Crippen molar-refractivity contribution >= 4 is 24.0 Å². The average Bonchev–Trinajstić information content (AvgIpc) is 2.94. The van der Waals surface area contributed by atoms with E-state index in [0.717, 1.165) is 23.6 Å². The van der Waals surface area contributed by atoms with Crippen molar-refractivity contribution in [3.05, 3.63) is 30.6 Å². The molecule has 3 rings (SSSR count). The van der Waals surface area contributed by atoms with E-state index in [1.165, 1.54) is 0 Å². The van der Waals surface area contributed by atoms with Crippen LogP contribution in [0.25, 0.3) is 11.4 Å². The molecule has 0 spiro atoms. The molecule has 2 heterocycles. The van der Waals surface area contributed by atoms with E-state index in [1.807, 2.05) is 35.9 Å². The van der Waals surface area contributed by atoms with Crippen molar-refractivity contribution in [1.82, 2.24) is 20.1 Å². The van der Waals surface area contributed by atoms with Gasteiger partial charge in [0, 0.05) is 31.4 Å². The van der Waals surface area contributed by atoms with Gasteiger partial charge in [0.1, 0.15) is 6.33 Å². The first kappa shape index (κ1) is 17.4. The number of benzene rings is 1. The summed E-state index contributed by atoms with van der Waals surface area (Å²) in [4.78, 5) is 12.1. The van der Waals surface area contributed by atoms with Crippen LogP contribution in [0.4, 0.5) is 5.69 Å². The van der Waals surface area contributed by atoms with Crippen molar-refractivity contribution in [3.63, 3.8) is 0 Å². The molecule has 8 heteroatoms. The minimum atomic E-state index is -0.0596. The topological polar surface area (TPSA) is 81.1 Å². The van der Waals surface area contributed by atoms with Crippen LogP contribution in [0.3, 0.4) is 0 Å². The van der Waals surface area contributed by atoms with Crippen molar-refractivity contribution in [2.24, 2.45) is 7.05 Å². The monoisotopic (exact) mass is 337 g/mol. The van der Waals surface area contributed by atoms with Crippen molar-refractivity contribution < 1.29 is 9.53 Å². The summed E-state index contributed by atoms with van der Waals surface area (Å²) in [5, 5.41) is 14.1. The molecule has 2 N–H and O–H groups in total. The minimum absolute atomic E-state index is 0. The van der Waals surface area contributed by atoms with Gasteiger partial charge in [0.05, 0.1) is 19.1 Å². The summed E-state index contributed by atoms with van der Waals surface area (Å²) < 4.78 is 7.38. The van der Waals surface area contributed by atoms with Crippen molar-refractivity contribution in [3.8, 4) is 11.4 Å². The van der Waals surface area contributed by atoms with E-state index in [-0.39, 0.29) is 24.4 Å². The summed E-state index contributed by atoms with van der Waals surface area (Å²) in [5.41, 5.74) is 1.66. The molecule has 1 aliphatic heterocycles. The molecule has 2 aromatic rings. The van der Waals surface area contributed by atoms with Crippen LogP contribution in [0.15, 0.2) is 30.6 Å². The molecule has 124 valence electrons. The van der Waals surface area contributed by atoms with Gasteiger partial charge in [-0.1, -0.05) is 12.1 Å². The second kappa shape index (κ2) is 8.05. The highest BCUT2D eigenvalue weighted by Gasteiger charge is 2.17. The van der Waals surface area contributed by atoms with Crippen LogP contribution >= 0.6 is 12.4 Å². The van der Waals surface area contributed by atoms with Gasteiger partial charge in [-0.05, 0) is 12.1 Å². The van der Waals surface area contributed by atoms with Gasteiger partial charge >= 0.3 is 0 Å². The Morgan fingerprint density at radius 2 is 2.39 bits per heavy atom. The van der Waals surface area contributed by atoms with E-state index < -0.39 is 0 Å². The Balaban J connectivity index is 0.00000192. The second-order valence-corrected chi connectivity index (χ2v) is 5.30. The number of amides is 1. The van der Waals surface area contributed by atoms with Crippen LogP contribution in [0.2, 0.25) is 0 Å². The van der Waals surface area contributed by atoms with E-state index in [2.05, 4.69) is 20.8 Å². The molecule has 1 aromatic carbocycles. The van der Waals surface area contributed by atoms with Crippen LogP contribution < -0.4 is 10.6 Å². The zero-order valence-electron chi connectivity index (χ0n) is 12.9. The standard InChI is InChI=1S/C15H19N5O2.ClH/c1-20-10-17-19-15(20)11-3-2-4-12(7-11)18-14(21)8-13-9-16-5-6-22-13;/h2-4,7,10,13,16H,5-6,8-9H2,1H3,(H,18,21);1H. The number of rotatable bonds is 4. The SMILES string of the molecule is Cl.Cn1cnnc1-c1cccc(NC(=O)CC2CNCCO2)c1. The van der Waals surface area contributed by atoms with Gasteiger partial charge in [-0.3, -0.25) is 4.79 Å². The Kier molecular flexibility index (Phi) is 6.09. The van der Waals surface area contributed by atoms with Crippen LogP contribution in [0, 0.1) is 0 Å². The van der Waals surface area contributed by atoms with E-state index in [4.69, 9.17) is 4.74 Å². The highest BCUT2D eigenvalue weighted by molar-refractivity contribution is 5.91. The first-order valence-corrected chi connectivity index (χ1v) is 7.29. The second-order valence-electron chi connectivity index (χ2n) is 5.30. The molecule has 0 bridgehead atoms. The Labute approximate surface area is 140 Å². The molecular weight excluding hydrogens is 318 g/mol. The number of nitrogens with one attached hydrogen (secondary N) is 2. The number of halogens is 1. The molecule has 0 saturated carbocycles. The van der Waals surface area contributed by atoms with Gasteiger partial charge in [0.25, 0.3) is 0 Å². The number of carbonyl (C=O) groups excluding carboxylic acids is 1. The lowest BCUT2D eigenvalue weighted by Gasteiger charge is -2.23. The van der Waals surface area contributed by atoms with E-state index >= 15 is 0 Å². The smallest absolute Gasteiger partial charge is 0.227 e. The summed E-state index contributed by atoms with van der Waals surface area (Å²) in [7, 11) is 1.88. The number of morpholine rings is 1. The lowest BCUT2D eigenvalue weighted by molar-refractivity contribution is -0.119. The van der Waals surface area contributed by atoms with Gasteiger partial charge in [0.15, 0.2) is 5.82 Å². The number of aryl methyl sites for hydroxylation is 1. The fourth-order valence-electron chi connectivity index (χ4n) is 2.45. The molecule has 23 heavy (non-hydrogen) atoms. The third kappa shape index (κ3) is 4.51. The zero-order valence-corrected chi connectivity index (χ0v) is 13.7. The summed E-state index contributed by atoms with van der Waals surface area (Å²) >= 11 is 0. The number of carbonyl (C=O) groups is 1. The molecule has 1 aliphatic rings. The Hall–Kier alpha value is -1.96. The summed E-state index contributed by atoms with van der Waals surface area (Å²) in [6.45, 7) is 2.21. The fourth-order valence-corrected chi connectivity index (χ4v) is 2.45.